The Kier molecular flexibility index (Phi) is 5.22. The third-order valence-electron chi connectivity index (χ3n) is 3.60. The summed E-state index contributed by atoms with van der Waals surface area (Å²) in [7, 11) is 0. The van der Waals surface area contributed by atoms with Gasteiger partial charge in [0.15, 0.2) is 0 Å². The van der Waals surface area contributed by atoms with Crippen LogP contribution in [0.1, 0.15) is 33.6 Å². The minimum Gasteiger partial charge on any atom is -0.339 e. The van der Waals surface area contributed by atoms with E-state index in [4.69, 9.17) is 5.73 Å². The predicted octanol–water partition coefficient (Wildman–Crippen LogP) is 0.666. The number of piperazine rings is 1. The van der Waals surface area contributed by atoms with Crippen molar-refractivity contribution in [3.05, 3.63) is 0 Å². The fourth-order valence-electron chi connectivity index (χ4n) is 2.05. The minimum absolute atomic E-state index is 0.117. The molecule has 2 atom stereocenters. The number of nitrogens with two attached hydrogens (primary N) is 1. The van der Waals surface area contributed by atoms with Gasteiger partial charge in [-0.25, -0.2) is 0 Å². The highest BCUT2D eigenvalue weighted by Crippen LogP contribution is 2.09. The van der Waals surface area contributed by atoms with Crippen LogP contribution in [0.2, 0.25) is 0 Å². The quantitative estimate of drug-likeness (QED) is 0.768. The molecule has 1 fully saturated rings. The van der Waals surface area contributed by atoms with Gasteiger partial charge >= 0.3 is 0 Å². The van der Waals surface area contributed by atoms with Crippen LogP contribution in [-0.4, -0.2) is 54.0 Å². The highest BCUT2D eigenvalue weighted by atomic mass is 16.2. The second kappa shape index (κ2) is 6.21. The number of carbonyl (C=O) groups excluding carboxylic acids is 1. The highest BCUT2D eigenvalue weighted by Gasteiger charge is 2.25. The van der Waals surface area contributed by atoms with E-state index in [2.05, 4.69) is 18.7 Å². The van der Waals surface area contributed by atoms with E-state index >= 15 is 0 Å². The van der Waals surface area contributed by atoms with Crippen molar-refractivity contribution >= 4 is 5.91 Å². The molecule has 1 heterocycles. The molecule has 0 spiro atoms. The topological polar surface area (TPSA) is 49.6 Å². The summed E-state index contributed by atoms with van der Waals surface area (Å²) in [5, 5.41) is 0. The molecule has 2 unspecified atom stereocenters. The molecule has 2 N–H and O–H groups in total. The molecule has 0 aromatic carbocycles. The smallest absolute Gasteiger partial charge is 0.239 e. The van der Waals surface area contributed by atoms with Gasteiger partial charge in [-0.3, -0.25) is 9.69 Å². The van der Waals surface area contributed by atoms with Gasteiger partial charge in [0.05, 0.1) is 6.04 Å². The maximum atomic E-state index is 11.9. The van der Waals surface area contributed by atoms with Crippen LogP contribution in [0.3, 0.4) is 0 Å². The molecule has 1 aliphatic heterocycles. The first-order valence-corrected chi connectivity index (χ1v) is 6.38. The summed E-state index contributed by atoms with van der Waals surface area (Å²) < 4.78 is 0. The molecule has 0 aromatic rings. The Bertz CT molecular complexity index is 224. The van der Waals surface area contributed by atoms with Crippen LogP contribution < -0.4 is 5.73 Å². The average molecular weight is 227 g/mol. The summed E-state index contributed by atoms with van der Waals surface area (Å²) in [6.45, 7) is 10.0. The Hall–Kier alpha value is -0.610. The molecule has 4 nitrogen and oxygen atoms in total. The molecular formula is C12H25N3O. The minimum atomic E-state index is -0.310. The zero-order chi connectivity index (χ0) is 12.1. The molecule has 94 valence electrons. The van der Waals surface area contributed by atoms with Crippen LogP contribution in [0.15, 0.2) is 0 Å². The van der Waals surface area contributed by atoms with E-state index < -0.39 is 0 Å². The fraction of sp³-hybridized carbons (Fsp3) is 0.917. The lowest BCUT2D eigenvalue weighted by Gasteiger charge is -2.38. The predicted molar refractivity (Wildman–Crippen MR) is 66.2 cm³/mol. The molecule has 1 aliphatic rings. The van der Waals surface area contributed by atoms with Gasteiger partial charge in [0.1, 0.15) is 0 Å². The van der Waals surface area contributed by atoms with Gasteiger partial charge < -0.3 is 10.6 Å². The van der Waals surface area contributed by atoms with Gasteiger partial charge in [-0.15, -0.1) is 0 Å². The second-order valence-corrected chi connectivity index (χ2v) is 4.63. The van der Waals surface area contributed by atoms with Crippen molar-refractivity contribution in [1.29, 1.82) is 0 Å². The summed E-state index contributed by atoms with van der Waals surface area (Å²) in [6, 6.07) is 0.312. The Morgan fingerprint density at radius 3 is 2.19 bits per heavy atom. The number of hydrogen-bond donors (Lipinski definition) is 1. The number of hydrogen-bond acceptors (Lipinski definition) is 3. The lowest BCUT2D eigenvalue weighted by molar-refractivity contribution is -0.134. The van der Waals surface area contributed by atoms with Gasteiger partial charge in [0.25, 0.3) is 0 Å². The average Bonchev–Trinajstić information content (AvgIpc) is 2.36. The first kappa shape index (κ1) is 13.5. The summed E-state index contributed by atoms with van der Waals surface area (Å²) >= 11 is 0. The standard InChI is InChI=1S/C12H25N3O/c1-4-10(3)14-6-8-15(9-7-14)12(16)11(13)5-2/h10-11H,4-9,13H2,1-3H3. The van der Waals surface area contributed by atoms with Crippen LogP contribution >= 0.6 is 0 Å². The molecule has 0 bridgehead atoms. The molecule has 0 saturated carbocycles. The van der Waals surface area contributed by atoms with Crippen molar-refractivity contribution in [2.45, 2.75) is 45.7 Å². The molecular weight excluding hydrogens is 202 g/mol. The molecule has 0 aliphatic carbocycles. The van der Waals surface area contributed by atoms with Crippen molar-refractivity contribution in [2.24, 2.45) is 5.73 Å². The number of carbonyl (C=O) groups is 1. The fourth-order valence-corrected chi connectivity index (χ4v) is 2.05. The zero-order valence-corrected chi connectivity index (χ0v) is 10.8. The van der Waals surface area contributed by atoms with E-state index in [1.807, 2.05) is 11.8 Å². The lowest BCUT2D eigenvalue weighted by atomic mass is 10.1. The van der Waals surface area contributed by atoms with Crippen molar-refractivity contribution in [3.8, 4) is 0 Å². The molecule has 16 heavy (non-hydrogen) atoms. The van der Waals surface area contributed by atoms with Crippen LogP contribution in [0, 0.1) is 0 Å². The zero-order valence-electron chi connectivity index (χ0n) is 10.8. The number of amides is 1. The van der Waals surface area contributed by atoms with E-state index in [0.717, 1.165) is 32.6 Å². The third-order valence-corrected chi connectivity index (χ3v) is 3.60. The summed E-state index contributed by atoms with van der Waals surface area (Å²) in [6.07, 6.45) is 1.90. The highest BCUT2D eigenvalue weighted by molar-refractivity contribution is 5.81. The summed E-state index contributed by atoms with van der Waals surface area (Å²) in [5.41, 5.74) is 5.76. The number of nitrogens with zero attached hydrogens (tertiary/aromatic N) is 2. The molecule has 1 saturated heterocycles. The normalized spacial score (nSPS) is 21.9. The summed E-state index contributed by atoms with van der Waals surface area (Å²) in [5.74, 6) is 0.117. The van der Waals surface area contributed by atoms with Crippen LogP contribution in [-0.2, 0) is 4.79 Å². The summed E-state index contributed by atoms with van der Waals surface area (Å²) in [4.78, 5) is 16.2. The largest absolute Gasteiger partial charge is 0.339 e. The molecule has 4 heteroatoms. The Balaban J connectivity index is 2.40. The Morgan fingerprint density at radius 2 is 1.75 bits per heavy atom. The van der Waals surface area contributed by atoms with Crippen LogP contribution in [0.25, 0.3) is 0 Å². The SMILES string of the molecule is CCC(N)C(=O)N1CCN(C(C)CC)CC1. The molecule has 1 rings (SSSR count). The first-order valence-electron chi connectivity index (χ1n) is 6.38. The van der Waals surface area contributed by atoms with Crippen molar-refractivity contribution in [2.75, 3.05) is 26.2 Å². The lowest BCUT2D eigenvalue weighted by Crippen LogP contribution is -2.54. The van der Waals surface area contributed by atoms with Gasteiger partial charge in [-0.1, -0.05) is 13.8 Å². The molecule has 0 aromatic heterocycles. The maximum Gasteiger partial charge on any atom is 0.239 e. The molecule has 1 amide bonds. The second-order valence-electron chi connectivity index (χ2n) is 4.63. The van der Waals surface area contributed by atoms with E-state index in [1.54, 1.807) is 0 Å². The third kappa shape index (κ3) is 3.19. The van der Waals surface area contributed by atoms with Gasteiger partial charge in [0.2, 0.25) is 5.91 Å². The van der Waals surface area contributed by atoms with Gasteiger partial charge in [-0.2, -0.15) is 0 Å². The Labute approximate surface area is 98.8 Å². The van der Waals surface area contributed by atoms with Gasteiger partial charge in [0, 0.05) is 32.2 Å². The van der Waals surface area contributed by atoms with Crippen LogP contribution in [0.5, 0.6) is 0 Å². The number of rotatable bonds is 4. The van der Waals surface area contributed by atoms with E-state index in [1.165, 1.54) is 6.42 Å². The molecule has 0 radical (unpaired) electrons. The van der Waals surface area contributed by atoms with Crippen molar-refractivity contribution in [1.82, 2.24) is 9.80 Å². The van der Waals surface area contributed by atoms with E-state index in [0.29, 0.717) is 6.04 Å². The monoisotopic (exact) mass is 227 g/mol. The van der Waals surface area contributed by atoms with Crippen LogP contribution in [0.4, 0.5) is 0 Å². The van der Waals surface area contributed by atoms with E-state index in [9.17, 15) is 4.79 Å². The maximum absolute atomic E-state index is 11.9. The van der Waals surface area contributed by atoms with E-state index in [-0.39, 0.29) is 11.9 Å². The van der Waals surface area contributed by atoms with Gasteiger partial charge in [-0.05, 0) is 19.8 Å². The Morgan fingerprint density at radius 1 is 1.19 bits per heavy atom. The van der Waals surface area contributed by atoms with Crippen molar-refractivity contribution < 1.29 is 4.79 Å². The first-order chi connectivity index (χ1) is 7.60. The van der Waals surface area contributed by atoms with Crippen molar-refractivity contribution in [3.63, 3.8) is 0 Å².